The Morgan fingerprint density at radius 3 is 2.11 bits per heavy atom. The highest BCUT2D eigenvalue weighted by Gasteiger charge is 2.53. The van der Waals surface area contributed by atoms with E-state index in [9.17, 15) is 9.59 Å². The molecule has 0 atom stereocenters. The molecule has 1 spiro atoms. The van der Waals surface area contributed by atoms with Gasteiger partial charge >= 0.3 is 0 Å². The molecule has 19 heavy (non-hydrogen) atoms. The van der Waals surface area contributed by atoms with Crippen LogP contribution in [-0.4, -0.2) is 17.2 Å². The Morgan fingerprint density at radius 2 is 1.63 bits per heavy atom. The Hall–Kier alpha value is -0.860. The number of carbonyl (C=O) groups excluding carboxylic acids is 2. The summed E-state index contributed by atoms with van der Waals surface area (Å²) in [5.74, 6) is 0.929. The predicted molar refractivity (Wildman–Crippen MR) is 75.7 cm³/mol. The van der Waals surface area contributed by atoms with Gasteiger partial charge in [0.05, 0.1) is 5.54 Å². The van der Waals surface area contributed by atoms with Crippen molar-refractivity contribution in [2.24, 2.45) is 16.7 Å². The van der Waals surface area contributed by atoms with Crippen molar-refractivity contribution in [3.8, 4) is 0 Å². The zero-order valence-corrected chi connectivity index (χ0v) is 12.9. The van der Waals surface area contributed by atoms with Gasteiger partial charge in [-0.2, -0.15) is 0 Å². The predicted octanol–water partition coefficient (Wildman–Crippen LogP) is 3.08. The van der Waals surface area contributed by atoms with Gasteiger partial charge in [0.25, 0.3) is 0 Å². The third-order valence-corrected chi connectivity index (χ3v) is 5.09. The lowest BCUT2D eigenvalue weighted by Gasteiger charge is -2.48. The van der Waals surface area contributed by atoms with Gasteiger partial charge in [0.1, 0.15) is 0 Å². The highest BCUT2D eigenvalue weighted by atomic mass is 16.2. The lowest BCUT2D eigenvalue weighted by Crippen LogP contribution is -2.64. The molecule has 1 N–H and O–H groups in total. The summed E-state index contributed by atoms with van der Waals surface area (Å²) in [6, 6.07) is 0. The van der Waals surface area contributed by atoms with E-state index in [1.807, 2.05) is 13.8 Å². The normalized spacial score (nSPS) is 35.3. The zero-order chi connectivity index (χ0) is 14.5. The van der Waals surface area contributed by atoms with Crippen LogP contribution in [0.3, 0.4) is 0 Å². The van der Waals surface area contributed by atoms with Crippen molar-refractivity contribution in [2.45, 2.75) is 72.3 Å². The Morgan fingerprint density at radius 1 is 1.11 bits per heavy atom. The molecule has 0 aromatic rings. The van der Waals surface area contributed by atoms with Crippen LogP contribution < -0.4 is 5.32 Å². The molecule has 1 aliphatic heterocycles. The van der Waals surface area contributed by atoms with E-state index < -0.39 is 11.0 Å². The number of carbonyl (C=O) groups is 2. The van der Waals surface area contributed by atoms with Gasteiger partial charge in [0.2, 0.25) is 5.91 Å². The Kier molecular flexibility index (Phi) is 3.31. The standard InChI is InChI=1S/C16H27NO2/c1-14(2,3)11-6-8-16(9-7-11)13(19)15(4,5)10-12(18)17-16/h11H,6-10H2,1-5H3,(H,17,18). The van der Waals surface area contributed by atoms with Crippen molar-refractivity contribution in [3.63, 3.8) is 0 Å². The summed E-state index contributed by atoms with van der Waals surface area (Å²) in [6.45, 7) is 10.6. The first kappa shape index (κ1) is 14.5. The minimum atomic E-state index is -0.569. The van der Waals surface area contributed by atoms with Crippen LogP contribution in [0.1, 0.15) is 66.7 Å². The summed E-state index contributed by atoms with van der Waals surface area (Å²) < 4.78 is 0. The average Bonchev–Trinajstić information content (AvgIpc) is 2.24. The summed E-state index contributed by atoms with van der Waals surface area (Å²) in [4.78, 5) is 24.6. The van der Waals surface area contributed by atoms with Crippen molar-refractivity contribution in [1.82, 2.24) is 5.32 Å². The first-order valence-electron chi connectivity index (χ1n) is 7.43. The molecule has 1 aliphatic carbocycles. The van der Waals surface area contributed by atoms with Crippen LogP contribution in [-0.2, 0) is 9.59 Å². The molecule has 3 nitrogen and oxygen atoms in total. The maximum absolute atomic E-state index is 12.7. The zero-order valence-electron chi connectivity index (χ0n) is 12.9. The Labute approximate surface area is 116 Å². The molecular formula is C16H27NO2. The van der Waals surface area contributed by atoms with Crippen LogP contribution in [0.15, 0.2) is 0 Å². The van der Waals surface area contributed by atoms with Gasteiger partial charge < -0.3 is 5.32 Å². The molecule has 0 bridgehead atoms. The van der Waals surface area contributed by atoms with E-state index in [1.54, 1.807) is 0 Å². The first-order chi connectivity index (χ1) is 8.57. The fourth-order valence-electron chi connectivity index (χ4n) is 3.83. The summed E-state index contributed by atoms with van der Waals surface area (Å²) in [7, 11) is 0. The fraction of sp³-hybridized carbons (Fsp3) is 0.875. The van der Waals surface area contributed by atoms with E-state index in [4.69, 9.17) is 0 Å². The van der Waals surface area contributed by atoms with Crippen molar-refractivity contribution >= 4 is 11.7 Å². The molecule has 1 saturated heterocycles. The highest BCUT2D eigenvalue weighted by Crippen LogP contribution is 2.45. The van der Waals surface area contributed by atoms with Gasteiger partial charge in [-0.25, -0.2) is 0 Å². The number of amides is 1. The summed E-state index contributed by atoms with van der Waals surface area (Å²) >= 11 is 0. The van der Waals surface area contributed by atoms with E-state index in [-0.39, 0.29) is 11.7 Å². The lowest BCUT2D eigenvalue weighted by atomic mass is 9.61. The lowest BCUT2D eigenvalue weighted by molar-refractivity contribution is -0.149. The number of hydrogen-bond donors (Lipinski definition) is 1. The van der Waals surface area contributed by atoms with E-state index >= 15 is 0 Å². The SMILES string of the molecule is CC1(C)CC(=O)NC2(CCC(C(C)(C)C)CC2)C1=O. The number of piperidine rings is 1. The van der Waals surface area contributed by atoms with Gasteiger partial charge in [0.15, 0.2) is 5.78 Å². The minimum Gasteiger partial charge on any atom is -0.344 e. The fourth-order valence-corrected chi connectivity index (χ4v) is 3.83. The molecule has 0 radical (unpaired) electrons. The number of ketones is 1. The molecule has 108 valence electrons. The molecule has 1 saturated carbocycles. The maximum atomic E-state index is 12.7. The number of hydrogen-bond acceptors (Lipinski definition) is 2. The third kappa shape index (κ3) is 2.56. The second-order valence-corrected chi connectivity index (χ2v) is 8.16. The number of Topliss-reactive ketones (excluding diaryl/α,β-unsaturated/α-hetero) is 1. The van der Waals surface area contributed by atoms with Crippen LogP contribution in [0.4, 0.5) is 0 Å². The summed E-state index contributed by atoms with van der Waals surface area (Å²) in [6.07, 6.45) is 4.01. The van der Waals surface area contributed by atoms with Crippen molar-refractivity contribution in [3.05, 3.63) is 0 Å². The topological polar surface area (TPSA) is 46.2 Å². The van der Waals surface area contributed by atoms with Crippen molar-refractivity contribution in [2.75, 3.05) is 0 Å². The average molecular weight is 265 g/mol. The van der Waals surface area contributed by atoms with Gasteiger partial charge in [-0.3, -0.25) is 9.59 Å². The number of nitrogens with one attached hydrogen (secondary N) is 1. The van der Waals surface area contributed by atoms with Crippen LogP contribution in [0.25, 0.3) is 0 Å². The molecule has 2 rings (SSSR count). The molecule has 1 amide bonds. The Bertz CT molecular complexity index is 395. The van der Waals surface area contributed by atoms with Gasteiger partial charge in [0, 0.05) is 11.8 Å². The summed E-state index contributed by atoms with van der Waals surface area (Å²) in [5, 5.41) is 3.02. The Balaban J connectivity index is 2.17. The molecular weight excluding hydrogens is 238 g/mol. The van der Waals surface area contributed by atoms with E-state index in [1.165, 1.54) is 0 Å². The van der Waals surface area contributed by atoms with Gasteiger partial charge in [-0.1, -0.05) is 34.6 Å². The summed E-state index contributed by atoms with van der Waals surface area (Å²) in [5.41, 5.74) is -0.781. The van der Waals surface area contributed by atoms with Gasteiger partial charge in [-0.15, -0.1) is 0 Å². The first-order valence-corrected chi connectivity index (χ1v) is 7.43. The van der Waals surface area contributed by atoms with Crippen LogP contribution in [0.2, 0.25) is 0 Å². The van der Waals surface area contributed by atoms with Crippen LogP contribution in [0.5, 0.6) is 0 Å². The van der Waals surface area contributed by atoms with Crippen molar-refractivity contribution in [1.29, 1.82) is 0 Å². The smallest absolute Gasteiger partial charge is 0.221 e. The molecule has 0 aromatic carbocycles. The number of rotatable bonds is 0. The largest absolute Gasteiger partial charge is 0.344 e. The highest BCUT2D eigenvalue weighted by molar-refractivity contribution is 6.02. The molecule has 2 fully saturated rings. The maximum Gasteiger partial charge on any atom is 0.221 e. The second-order valence-electron chi connectivity index (χ2n) is 8.16. The minimum absolute atomic E-state index is 0.0406. The van der Waals surface area contributed by atoms with E-state index in [2.05, 4.69) is 26.1 Å². The second kappa shape index (κ2) is 4.32. The molecule has 2 aliphatic rings. The van der Waals surface area contributed by atoms with Gasteiger partial charge in [-0.05, 0) is 37.0 Å². The quantitative estimate of drug-likeness (QED) is 0.731. The molecule has 1 heterocycles. The molecule has 0 aromatic heterocycles. The van der Waals surface area contributed by atoms with Crippen LogP contribution in [0, 0.1) is 16.7 Å². The third-order valence-electron chi connectivity index (χ3n) is 5.09. The monoisotopic (exact) mass is 265 g/mol. The van der Waals surface area contributed by atoms with Crippen LogP contribution >= 0.6 is 0 Å². The molecule has 3 heteroatoms. The van der Waals surface area contributed by atoms with E-state index in [0.29, 0.717) is 17.8 Å². The van der Waals surface area contributed by atoms with Crippen molar-refractivity contribution < 1.29 is 9.59 Å². The molecule has 0 unspecified atom stereocenters. The van der Waals surface area contributed by atoms with E-state index in [0.717, 1.165) is 25.7 Å².